The van der Waals surface area contributed by atoms with Crippen LogP contribution in [-0.4, -0.2) is 22.8 Å². The summed E-state index contributed by atoms with van der Waals surface area (Å²) in [6, 6.07) is 0. The van der Waals surface area contributed by atoms with Crippen molar-refractivity contribution in [3.05, 3.63) is 11.3 Å². The molecule has 0 spiro atoms. The zero-order valence-corrected chi connectivity index (χ0v) is 7.80. The lowest BCUT2D eigenvalue weighted by Gasteiger charge is -1.99. The standard InChI is InChI=1S/C6H9N3O3S/c1-9-6(13(10,11)12)4-2-7-3-5(4)8-9/h7H,2-3H2,1H3,(H,10,11,12). The van der Waals surface area contributed by atoms with Crippen molar-refractivity contribution in [2.24, 2.45) is 7.05 Å². The summed E-state index contributed by atoms with van der Waals surface area (Å²) in [5.41, 5.74) is 1.26. The van der Waals surface area contributed by atoms with Gasteiger partial charge >= 0.3 is 10.1 Å². The minimum atomic E-state index is -4.15. The summed E-state index contributed by atoms with van der Waals surface area (Å²) in [4.78, 5) is 0. The van der Waals surface area contributed by atoms with E-state index in [-0.39, 0.29) is 5.03 Å². The van der Waals surface area contributed by atoms with Crippen molar-refractivity contribution in [3.63, 3.8) is 0 Å². The Hall–Kier alpha value is -0.920. The fourth-order valence-electron chi connectivity index (χ4n) is 1.55. The average Bonchev–Trinajstić information content (AvgIpc) is 2.41. The number of nitrogens with zero attached hydrogens (tertiary/aromatic N) is 2. The minimum Gasteiger partial charge on any atom is -0.307 e. The quantitative estimate of drug-likeness (QED) is 0.588. The van der Waals surface area contributed by atoms with E-state index in [1.165, 1.54) is 11.7 Å². The van der Waals surface area contributed by atoms with Crippen molar-refractivity contribution >= 4 is 10.1 Å². The molecule has 0 aromatic carbocycles. The fraction of sp³-hybridized carbons (Fsp3) is 0.500. The molecule has 1 aliphatic heterocycles. The van der Waals surface area contributed by atoms with Gasteiger partial charge in [-0.15, -0.1) is 0 Å². The number of rotatable bonds is 1. The van der Waals surface area contributed by atoms with Gasteiger partial charge in [0.25, 0.3) is 0 Å². The molecule has 72 valence electrons. The van der Waals surface area contributed by atoms with Gasteiger partial charge in [-0.3, -0.25) is 9.23 Å². The van der Waals surface area contributed by atoms with Crippen molar-refractivity contribution in [1.82, 2.24) is 15.1 Å². The molecule has 13 heavy (non-hydrogen) atoms. The first-order valence-corrected chi connectivity index (χ1v) is 5.17. The Morgan fingerprint density at radius 1 is 1.54 bits per heavy atom. The molecule has 0 saturated carbocycles. The maximum atomic E-state index is 10.9. The molecule has 0 saturated heterocycles. The van der Waals surface area contributed by atoms with Crippen LogP contribution in [0.2, 0.25) is 0 Å². The summed E-state index contributed by atoms with van der Waals surface area (Å²) in [5.74, 6) is 0. The van der Waals surface area contributed by atoms with Gasteiger partial charge in [0.15, 0.2) is 5.03 Å². The van der Waals surface area contributed by atoms with Gasteiger partial charge in [-0.2, -0.15) is 13.5 Å². The summed E-state index contributed by atoms with van der Waals surface area (Å²) < 4.78 is 32.0. The maximum absolute atomic E-state index is 10.9. The summed E-state index contributed by atoms with van der Waals surface area (Å²) in [7, 11) is -2.65. The van der Waals surface area contributed by atoms with E-state index in [1.54, 1.807) is 0 Å². The Balaban J connectivity index is 2.70. The predicted octanol–water partition coefficient (Wildman–Crippen LogP) is -0.730. The lowest BCUT2D eigenvalue weighted by Crippen LogP contribution is -2.11. The van der Waals surface area contributed by atoms with Crippen molar-refractivity contribution in [2.75, 3.05) is 0 Å². The van der Waals surface area contributed by atoms with Gasteiger partial charge in [0.1, 0.15) is 0 Å². The largest absolute Gasteiger partial charge is 0.312 e. The number of hydrogen-bond donors (Lipinski definition) is 2. The Bertz CT molecular complexity index is 448. The Morgan fingerprint density at radius 3 is 2.85 bits per heavy atom. The summed E-state index contributed by atoms with van der Waals surface area (Å²) >= 11 is 0. The lowest BCUT2D eigenvalue weighted by atomic mass is 10.3. The fourth-order valence-corrected chi connectivity index (χ4v) is 2.43. The Morgan fingerprint density at radius 2 is 2.23 bits per heavy atom. The third-order valence-electron chi connectivity index (χ3n) is 2.01. The molecule has 1 aliphatic rings. The molecule has 0 radical (unpaired) electrons. The van der Waals surface area contributed by atoms with Crippen LogP contribution in [0.4, 0.5) is 0 Å². The Kier molecular flexibility index (Phi) is 1.69. The zero-order chi connectivity index (χ0) is 9.64. The van der Waals surface area contributed by atoms with Crippen molar-refractivity contribution in [2.45, 2.75) is 18.1 Å². The normalized spacial score (nSPS) is 16.2. The van der Waals surface area contributed by atoms with Crippen LogP contribution in [0, 0.1) is 0 Å². The number of hydrogen-bond acceptors (Lipinski definition) is 4. The van der Waals surface area contributed by atoms with Crippen LogP contribution in [-0.2, 0) is 30.3 Å². The molecule has 0 bridgehead atoms. The highest BCUT2D eigenvalue weighted by Gasteiger charge is 2.27. The highest BCUT2D eigenvalue weighted by Crippen LogP contribution is 2.22. The maximum Gasteiger partial charge on any atom is 0.312 e. The lowest BCUT2D eigenvalue weighted by molar-refractivity contribution is 0.467. The minimum absolute atomic E-state index is 0.104. The highest BCUT2D eigenvalue weighted by atomic mass is 32.2. The van der Waals surface area contributed by atoms with Gasteiger partial charge in [0.05, 0.1) is 5.69 Å². The number of aromatic nitrogens is 2. The van der Waals surface area contributed by atoms with Gasteiger partial charge < -0.3 is 5.32 Å². The second-order valence-corrected chi connectivity index (χ2v) is 4.27. The second kappa shape index (κ2) is 2.53. The molecule has 2 heterocycles. The van der Waals surface area contributed by atoms with Crippen molar-refractivity contribution in [1.29, 1.82) is 0 Å². The van der Waals surface area contributed by atoms with Crippen LogP contribution in [0.1, 0.15) is 11.3 Å². The molecule has 1 aromatic heterocycles. The van der Waals surface area contributed by atoms with E-state index in [1.807, 2.05) is 0 Å². The molecule has 0 fully saturated rings. The third kappa shape index (κ3) is 1.25. The first-order chi connectivity index (χ1) is 6.00. The molecule has 7 heteroatoms. The van der Waals surface area contributed by atoms with E-state index >= 15 is 0 Å². The van der Waals surface area contributed by atoms with Crippen LogP contribution in [0.25, 0.3) is 0 Å². The van der Waals surface area contributed by atoms with E-state index < -0.39 is 10.1 Å². The Labute approximate surface area is 75.3 Å². The molecule has 6 nitrogen and oxygen atoms in total. The van der Waals surface area contributed by atoms with Gasteiger partial charge in [-0.05, 0) is 0 Å². The van der Waals surface area contributed by atoms with Crippen LogP contribution in [0.3, 0.4) is 0 Å². The zero-order valence-electron chi connectivity index (χ0n) is 6.98. The predicted molar refractivity (Wildman–Crippen MR) is 43.6 cm³/mol. The van der Waals surface area contributed by atoms with Crippen LogP contribution in [0.15, 0.2) is 5.03 Å². The van der Waals surface area contributed by atoms with Crippen molar-refractivity contribution < 1.29 is 13.0 Å². The van der Waals surface area contributed by atoms with E-state index in [4.69, 9.17) is 4.55 Å². The topological polar surface area (TPSA) is 84.2 Å². The number of nitrogens with one attached hydrogen (secondary N) is 1. The van der Waals surface area contributed by atoms with E-state index in [0.29, 0.717) is 24.3 Å². The van der Waals surface area contributed by atoms with E-state index in [0.717, 1.165) is 0 Å². The summed E-state index contributed by atoms with van der Waals surface area (Å²) in [6.45, 7) is 0.997. The molecular formula is C6H9N3O3S. The van der Waals surface area contributed by atoms with Gasteiger partial charge in [-0.25, -0.2) is 0 Å². The second-order valence-electron chi connectivity index (χ2n) is 2.93. The van der Waals surface area contributed by atoms with E-state index in [9.17, 15) is 8.42 Å². The molecule has 0 unspecified atom stereocenters. The first-order valence-electron chi connectivity index (χ1n) is 3.73. The summed E-state index contributed by atoms with van der Waals surface area (Å²) in [6.07, 6.45) is 0. The van der Waals surface area contributed by atoms with Crippen LogP contribution < -0.4 is 5.32 Å². The van der Waals surface area contributed by atoms with Crippen LogP contribution >= 0.6 is 0 Å². The molecule has 0 amide bonds. The first kappa shape index (κ1) is 8.67. The molecule has 1 aromatic rings. The van der Waals surface area contributed by atoms with Crippen molar-refractivity contribution in [3.8, 4) is 0 Å². The third-order valence-corrected chi connectivity index (χ3v) is 3.01. The van der Waals surface area contributed by atoms with Gasteiger partial charge in [0.2, 0.25) is 0 Å². The molecule has 0 aliphatic carbocycles. The number of fused-ring (bicyclic) bond motifs is 1. The molecule has 0 atom stereocenters. The van der Waals surface area contributed by atoms with Gasteiger partial charge in [-0.1, -0.05) is 0 Å². The number of aryl methyl sites for hydroxylation is 1. The SMILES string of the molecule is Cn1nc2c(c1S(=O)(=O)O)CNC2. The average molecular weight is 203 g/mol. The summed E-state index contributed by atoms with van der Waals surface area (Å²) in [5, 5.41) is 6.82. The molecule has 2 rings (SSSR count). The van der Waals surface area contributed by atoms with E-state index in [2.05, 4.69) is 10.4 Å². The molecular weight excluding hydrogens is 194 g/mol. The van der Waals surface area contributed by atoms with Crippen LogP contribution in [0.5, 0.6) is 0 Å². The van der Waals surface area contributed by atoms with Gasteiger partial charge in [0, 0.05) is 25.7 Å². The smallest absolute Gasteiger partial charge is 0.307 e. The monoisotopic (exact) mass is 203 g/mol. The highest BCUT2D eigenvalue weighted by molar-refractivity contribution is 7.85. The molecule has 2 N–H and O–H groups in total.